The second kappa shape index (κ2) is 6.19. The van der Waals surface area contributed by atoms with Gasteiger partial charge in [0.2, 0.25) is 0 Å². The normalized spacial score (nSPS) is 16.4. The maximum absolute atomic E-state index is 3.39. The van der Waals surface area contributed by atoms with Gasteiger partial charge in [-0.05, 0) is 22.4 Å². The van der Waals surface area contributed by atoms with Crippen LogP contribution in [-0.4, -0.2) is 31.1 Å². The third-order valence-electron chi connectivity index (χ3n) is 3.43. The van der Waals surface area contributed by atoms with Crippen LogP contribution in [0.1, 0.15) is 5.56 Å². The van der Waals surface area contributed by atoms with E-state index in [4.69, 9.17) is 0 Å². The minimum absolute atomic E-state index is 0. The summed E-state index contributed by atoms with van der Waals surface area (Å²) in [5.74, 6) is 0. The lowest BCUT2D eigenvalue weighted by molar-refractivity contribution is 0.233. The van der Waals surface area contributed by atoms with E-state index in [0.717, 1.165) is 32.7 Å². The Bertz CT molecular complexity index is 507. The Morgan fingerprint density at radius 2 is 1.67 bits per heavy atom. The van der Waals surface area contributed by atoms with Crippen LogP contribution in [0.15, 0.2) is 42.5 Å². The van der Waals surface area contributed by atoms with Crippen molar-refractivity contribution in [2.75, 3.05) is 26.2 Å². The van der Waals surface area contributed by atoms with Crippen LogP contribution in [0, 0.1) is 0 Å². The Morgan fingerprint density at radius 1 is 0.944 bits per heavy atom. The van der Waals surface area contributed by atoms with E-state index in [1.54, 1.807) is 0 Å². The van der Waals surface area contributed by atoms with Gasteiger partial charge in [-0.15, -0.1) is 12.4 Å². The Kier molecular flexibility index (Phi) is 4.59. The van der Waals surface area contributed by atoms with Gasteiger partial charge < -0.3 is 5.32 Å². The Labute approximate surface area is 114 Å². The zero-order valence-electron chi connectivity index (χ0n) is 10.4. The van der Waals surface area contributed by atoms with Gasteiger partial charge in [0.15, 0.2) is 0 Å². The molecule has 0 bridgehead atoms. The average molecular weight is 263 g/mol. The third kappa shape index (κ3) is 3.02. The smallest absolute Gasteiger partial charge is 0.0235 e. The molecule has 2 nitrogen and oxygen atoms in total. The van der Waals surface area contributed by atoms with Crippen LogP contribution >= 0.6 is 12.4 Å². The standard InChI is InChI=1S/C15H18N2.ClH/c1-2-4-15-11-13(5-6-14(15)3-1)12-17-9-7-16-8-10-17;/h1-6,11,16H,7-10,12H2;1H. The van der Waals surface area contributed by atoms with Gasteiger partial charge in [-0.3, -0.25) is 4.90 Å². The molecule has 2 aromatic rings. The monoisotopic (exact) mass is 262 g/mol. The van der Waals surface area contributed by atoms with Crippen molar-refractivity contribution in [3.8, 4) is 0 Å². The fourth-order valence-corrected chi connectivity index (χ4v) is 2.46. The molecule has 1 fully saturated rings. The Balaban J connectivity index is 0.00000120. The van der Waals surface area contributed by atoms with E-state index >= 15 is 0 Å². The summed E-state index contributed by atoms with van der Waals surface area (Å²) < 4.78 is 0. The van der Waals surface area contributed by atoms with Crippen molar-refractivity contribution < 1.29 is 0 Å². The molecule has 0 atom stereocenters. The highest BCUT2D eigenvalue weighted by Gasteiger charge is 2.09. The first-order valence-electron chi connectivity index (χ1n) is 6.32. The molecule has 0 radical (unpaired) electrons. The first-order chi connectivity index (χ1) is 8.42. The molecule has 1 N–H and O–H groups in total. The minimum Gasteiger partial charge on any atom is -0.314 e. The van der Waals surface area contributed by atoms with Crippen molar-refractivity contribution in [3.05, 3.63) is 48.0 Å². The molecule has 0 spiro atoms. The number of benzene rings is 2. The SMILES string of the molecule is Cl.c1ccc2cc(CN3CCNCC3)ccc2c1. The number of hydrogen-bond donors (Lipinski definition) is 1. The molecule has 3 heteroatoms. The molecule has 3 rings (SSSR count). The van der Waals surface area contributed by atoms with Crippen molar-refractivity contribution in [1.29, 1.82) is 0 Å². The number of fused-ring (bicyclic) bond motifs is 1. The van der Waals surface area contributed by atoms with Crippen LogP contribution in [-0.2, 0) is 6.54 Å². The van der Waals surface area contributed by atoms with Crippen molar-refractivity contribution in [3.63, 3.8) is 0 Å². The van der Waals surface area contributed by atoms with Gasteiger partial charge in [-0.25, -0.2) is 0 Å². The van der Waals surface area contributed by atoms with Gasteiger partial charge in [0.25, 0.3) is 0 Å². The lowest BCUT2D eigenvalue weighted by Crippen LogP contribution is -2.42. The van der Waals surface area contributed by atoms with Gasteiger partial charge in [-0.1, -0.05) is 36.4 Å². The van der Waals surface area contributed by atoms with E-state index in [1.807, 2.05) is 0 Å². The molecule has 18 heavy (non-hydrogen) atoms. The fourth-order valence-electron chi connectivity index (χ4n) is 2.46. The molecule has 1 aliphatic heterocycles. The zero-order chi connectivity index (χ0) is 11.5. The maximum Gasteiger partial charge on any atom is 0.0235 e. The van der Waals surface area contributed by atoms with Crippen LogP contribution < -0.4 is 5.32 Å². The molecule has 0 aliphatic carbocycles. The molecule has 0 aromatic heterocycles. The lowest BCUT2D eigenvalue weighted by atomic mass is 10.1. The van der Waals surface area contributed by atoms with E-state index < -0.39 is 0 Å². The predicted octanol–water partition coefficient (Wildman–Crippen LogP) is 2.67. The average Bonchev–Trinajstić information content (AvgIpc) is 2.40. The summed E-state index contributed by atoms with van der Waals surface area (Å²) in [6.07, 6.45) is 0. The summed E-state index contributed by atoms with van der Waals surface area (Å²) in [7, 11) is 0. The van der Waals surface area contributed by atoms with Crippen LogP contribution in [0.5, 0.6) is 0 Å². The quantitative estimate of drug-likeness (QED) is 0.895. The number of hydrogen-bond acceptors (Lipinski definition) is 2. The molecular formula is C15H19ClN2. The van der Waals surface area contributed by atoms with Crippen LogP contribution in [0.2, 0.25) is 0 Å². The molecule has 2 aromatic carbocycles. The highest BCUT2D eigenvalue weighted by Crippen LogP contribution is 2.16. The van der Waals surface area contributed by atoms with Crippen LogP contribution in [0.3, 0.4) is 0 Å². The zero-order valence-corrected chi connectivity index (χ0v) is 11.2. The highest BCUT2D eigenvalue weighted by molar-refractivity contribution is 5.85. The summed E-state index contributed by atoms with van der Waals surface area (Å²) >= 11 is 0. The van der Waals surface area contributed by atoms with E-state index in [0.29, 0.717) is 0 Å². The summed E-state index contributed by atoms with van der Waals surface area (Å²) in [4.78, 5) is 2.51. The second-order valence-electron chi connectivity index (χ2n) is 4.71. The Hall–Kier alpha value is -1.09. The molecule has 1 aliphatic rings. The number of rotatable bonds is 2. The number of halogens is 1. The molecule has 1 heterocycles. The number of nitrogens with zero attached hydrogens (tertiary/aromatic N) is 1. The summed E-state index contributed by atoms with van der Waals surface area (Å²) in [6.45, 7) is 5.63. The minimum atomic E-state index is 0. The van der Waals surface area contributed by atoms with Crippen molar-refractivity contribution in [2.45, 2.75) is 6.54 Å². The number of piperazine rings is 1. The van der Waals surface area contributed by atoms with Gasteiger partial charge in [0, 0.05) is 32.7 Å². The van der Waals surface area contributed by atoms with Crippen molar-refractivity contribution >= 4 is 23.2 Å². The molecule has 0 saturated carbocycles. The van der Waals surface area contributed by atoms with Gasteiger partial charge in [-0.2, -0.15) is 0 Å². The summed E-state index contributed by atoms with van der Waals surface area (Å²) in [5, 5.41) is 6.07. The van der Waals surface area contributed by atoms with Gasteiger partial charge in [0.1, 0.15) is 0 Å². The van der Waals surface area contributed by atoms with E-state index in [9.17, 15) is 0 Å². The van der Waals surface area contributed by atoms with Crippen LogP contribution in [0.25, 0.3) is 10.8 Å². The largest absolute Gasteiger partial charge is 0.314 e. The fraction of sp³-hybridized carbons (Fsp3) is 0.333. The first-order valence-corrected chi connectivity index (χ1v) is 6.32. The van der Waals surface area contributed by atoms with E-state index in [1.165, 1.54) is 16.3 Å². The molecule has 96 valence electrons. The van der Waals surface area contributed by atoms with E-state index in [-0.39, 0.29) is 12.4 Å². The Morgan fingerprint density at radius 3 is 2.44 bits per heavy atom. The topological polar surface area (TPSA) is 15.3 Å². The highest BCUT2D eigenvalue weighted by atomic mass is 35.5. The number of nitrogens with one attached hydrogen (secondary N) is 1. The maximum atomic E-state index is 3.39. The van der Waals surface area contributed by atoms with Gasteiger partial charge >= 0.3 is 0 Å². The molecule has 0 amide bonds. The third-order valence-corrected chi connectivity index (χ3v) is 3.43. The summed E-state index contributed by atoms with van der Waals surface area (Å²) in [6, 6.07) is 15.4. The molecule has 1 saturated heterocycles. The van der Waals surface area contributed by atoms with Crippen LogP contribution in [0.4, 0.5) is 0 Å². The van der Waals surface area contributed by atoms with E-state index in [2.05, 4.69) is 52.7 Å². The lowest BCUT2D eigenvalue weighted by Gasteiger charge is -2.27. The molecular weight excluding hydrogens is 244 g/mol. The van der Waals surface area contributed by atoms with Gasteiger partial charge in [0.05, 0.1) is 0 Å². The van der Waals surface area contributed by atoms with Crippen molar-refractivity contribution in [1.82, 2.24) is 10.2 Å². The molecule has 0 unspecified atom stereocenters. The summed E-state index contributed by atoms with van der Waals surface area (Å²) in [5.41, 5.74) is 1.42. The second-order valence-corrected chi connectivity index (χ2v) is 4.71. The first kappa shape index (κ1) is 13.3. The predicted molar refractivity (Wildman–Crippen MR) is 79.3 cm³/mol. The van der Waals surface area contributed by atoms with Crippen molar-refractivity contribution in [2.24, 2.45) is 0 Å².